The van der Waals surface area contributed by atoms with Crippen molar-refractivity contribution in [2.75, 3.05) is 0 Å². The molecule has 0 amide bonds. The molecule has 2 aromatic heterocycles. The minimum atomic E-state index is 0. The van der Waals surface area contributed by atoms with Crippen molar-refractivity contribution in [2.45, 2.75) is 19.8 Å². The van der Waals surface area contributed by atoms with Crippen LogP contribution in [0.5, 0.6) is 0 Å². The molecule has 4 aromatic rings. The smallest absolute Gasteiger partial charge is 0.124 e. The number of pyridine rings is 1. The first-order valence-electron chi connectivity index (χ1n) is 8.92. The summed E-state index contributed by atoms with van der Waals surface area (Å²) in [7, 11) is 0. The molecule has 0 aliphatic heterocycles. The highest BCUT2D eigenvalue weighted by Gasteiger charge is 2.16. The lowest BCUT2D eigenvalue weighted by Crippen LogP contribution is -1.89. The maximum atomic E-state index is 5.02. The maximum absolute atomic E-state index is 5.02. The summed E-state index contributed by atoms with van der Waals surface area (Å²) in [6, 6.07) is 25.2. The molecule has 2 nitrogen and oxygen atoms in total. The number of aromatic nitrogens is 2. The van der Waals surface area contributed by atoms with Crippen molar-refractivity contribution in [3.05, 3.63) is 84.7 Å². The van der Waals surface area contributed by atoms with Gasteiger partial charge < -0.3 is 0 Å². The molecule has 0 saturated heterocycles. The molecule has 0 atom stereocenters. The van der Waals surface area contributed by atoms with Gasteiger partial charge in [0.15, 0.2) is 0 Å². The summed E-state index contributed by atoms with van der Waals surface area (Å²) in [4.78, 5) is 10.7. The Balaban J connectivity index is 0.00000210. The van der Waals surface area contributed by atoms with E-state index in [4.69, 9.17) is 4.98 Å². The van der Waals surface area contributed by atoms with Gasteiger partial charge in [0, 0.05) is 23.0 Å². The number of rotatable bonds is 5. The standard InChI is InChI=1S/C23H20N2S.BrH/c1-2-9-20-16-19(14-15-24-20)23-25-21(17-10-5-3-6-11-17)22(26-23)18-12-7-4-8-13-18;/h3-8,10-16H,2,9H2,1H3;1H. The second-order valence-corrected chi connectivity index (χ2v) is 7.21. The van der Waals surface area contributed by atoms with Crippen molar-refractivity contribution in [1.82, 2.24) is 9.97 Å². The van der Waals surface area contributed by atoms with E-state index < -0.39 is 0 Å². The van der Waals surface area contributed by atoms with Crippen molar-refractivity contribution in [3.63, 3.8) is 0 Å². The largest absolute Gasteiger partial charge is 0.261 e. The Morgan fingerprint density at radius 2 is 1.48 bits per heavy atom. The molecule has 0 aliphatic carbocycles. The third-order valence-corrected chi connectivity index (χ3v) is 5.43. The molecule has 0 saturated carbocycles. The quantitative estimate of drug-likeness (QED) is 0.334. The van der Waals surface area contributed by atoms with Crippen LogP contribution in [0.3, 0.4) is 0 Å². The van der Waals surface area contributed by atoms with Crippen molar-refractivity contribution in [2.24, 2.45) is 0 Å². The Hall–Kier alpha value is -2.30. The van der Waals surface area contributed by atoms with Gasteiger partial charge in [0.05, 0.1) is 10.6 Å². The average molecular weight is 437 g/mol. The van der Waals surface area contributed by atoms with Gasteiger partial charge in [-0.15, -0.1) is 28.3 Å². The highest BCUT2D eigenvalue weighted by molar-refractivity contribution is 8.93. The first-order chi connectivity index (χ1) is 12.8. The van der Waals surface area contributed by atoms with Crippen molar-refractivity contribution >= 4 is 28.3 Å². The Morgan fingerprint density at radius 3 is 2.15 bits per heavy atom. The third-order valence-electron chi connectivity index (χ3n) is 4.28. The molecule has 4 rings (SSSR count). The molecular weight excluding hydrogens is 416 g/mol. The van der Waals surface area contributed by atoms with Gasteiger partial charge in [-0.3, -0.25) is 4.98 Å². The fraction of sp³-hybridized carbons (Fsp3) is 0.130. The lowest BCUT2D eigenvalue weighted by atomic mass is 10.1. The molecule has 0 radical (unpaired) electrons. The Morgan fingerprint density at radius 1 is 0.815 bits per heavy atom. The van der Waals surface area contributed by atoms with Gasteiger partial charge in [0.2, 0.25) is 0 Å². The Bertz CT molecular complexity index is 940. The zero-order chi connectivity index (χ0) is 17.8. The van der Waals surface area contributed by atoms with Crippen LogP contribution in [0.1, 0.15) is 19.0 Å². The number of nitrogens with zero attached hydrogens (tertiary/aromatic N) is 2. The molecule has 0 bridgehead atoms. The van der Waals surface area contributed by atoms with E-state index in [2.05, 4.69) is 72.6 Å². The fourth-order valence-corrected chi connectivity index (χ4v) is 4.11. The first kappa shape index (κ1) is 19.5. The minimum Gasteiger partial charge on any atom is -0.261 e. The number of hydrogen-bond acceptors (Lipinski definition) is 3. The zero-order valence-corrected chi connectivity index (χ0v) is 17.7. The second-order valence-electron chi connectivity index (χ2n) is 6.21. The summed E-state index contributed by atoms with van der Waals surface area (Å²) in [5.74, 6) is 0. The molecule has 136 valence electrons. The van der Waals surface area contributed by atoms with E-state index in [0.29, 0.717) is 0 Å². The van der Waals surface area contributed by atoms with Gasteiger partial charge in [0.25, 0.3) is 0 Å². The van der Waals surface area contributed by atoms with Crippen LogP contribution in [0.4, 0.5) is 0 Å². The number of halogens is 1. The number of aryl methyl sites for hydroxylation is 1. The van der Waals surface area contributed by atoms with Gasteiger partial charge >= 0.3 is 0 Å². The molecule has 0 unspecified atom stereocenters. The second kappa shape index (κ2) is 9.07. The van der Waals surface area contributed by atoms with Gasteiger partial charge in [-0.2, -0.15) is 0 Å². The van der Waals surface area contributed by atoms with Crippen molar-refractivity contribution < 1.29 is 0 Å². The van der Waals surface area contributed by atoms with Crippen molar-refractivity contribution in [1.29, 1.82) is 0 Å². The van der Waals surface area contributed by atoms with Gasteiger partial charge in [-0.05, 0) is 24.1 Å². The molecule has 0 spiro atoms. The number of thiazole rings is 1. The molecule has 27 heavy (non-hydrogen) atoms. The van der Waals surface area contributed by atoms with Gasteiger partial charge in [0.1, 0.15) is 5.01 Å². The van der Waals surface area contributed by atoms with E-state index in [1.807, 2.05) is 18.3 Å². The van der Waals surface area contributed by atoms with Crippen LogP contribution in [0.15, 0.2) is 79.0 Å². The summed E-state index contributed by atoms with van der Waals surface area (Å²) in [5.41, 5.74) is 5.68. The van der Waals surface area contributed by atoms with E-state index in [1.165, 1.54) is 10.4 Å². The Kier molecular flexibility index (Phi) is 6.54. The maximum Gasteiger partial charge on any atom is 0.124 e. The summed E-state index contributed by atoms with van der Waals surface area (Å²) in [6.45, 7) is 2.18. The molecule has 4 heteroatoms. The SMILES string of the molecule is Br.CCCc1cc(-c2nc(-c3ccccc3)c(-c3ccccc3)s2)ccn1. The lowest BCUT2D eigenvalue weighted by molar-refractivity contribution is 0.883. The summed E-state index contributed by atoms with van der Waals surface area (Å²) >= 11 is 1.75. The monoisotopic (exact) mass is 436 g/mol. The van der Waals surface area contributed by atoms with Crippen LogP contribution < -0.4 is 0 Å². The predicted octanol–water partition coefficient (Wildman–Crippen LogP) is 7.07. The van der Waals surface area contributed by atoms with E-state index >= 15 is 0 Å². The molecule has 0 N–H and O–H groups in total. The highest BCUT2D eigenvalue weighted by atomic mass is 79.9. The number of benzene rings is 2. The van der Waals surface area contributed by atoms with Gasteiger partial charge in [-0.25, -0.2) is 4.98 Å². The molecule has 2 heterocycles. The molecular formula is C23H21BrN2S. The van der Waals surface area contributed by atoms with E-state index in [9.17, 15) is 0 Å². The molecule has 0 aliphatic rings. The summed E-state index contributed by atoms with van der Waals surface area (Å²) in [6.07, 6.45) is 3.99. The van der Waals surface area contributed by atoms with Crippen LogP contribution in [0.2, 0.25) is 0 Å². The molecule has 2 aromatic carbocycles. The highest BCUT2D eigenvalue weighted by Crippen LogP contribution is 2.40. The molecule has 0 fully saturated rings. The summed E-state index contributed by atoms with van der Waals surface area (Å²) < 4.78 is 0. The fourth-order valence-electron chi connectivity index (χ4n) is 3.02. The third kappa shape index (κ3) is 4.34. The average Bonchev–Trinajstić information content (AvgIpc) is 3.15. The minimum absolute atomic E-state index is 0. The van der Waals surface area contributed by atoms with Gasteiger partial charge in [-0.1, -0.05) is 74.0 Å². The Labute approximate surface area is 174 Å². The van der Waals surface area contributed by atoms with Crippen LogP contribution in [0.25, 0.3) is 32.3 Å². The van der Waals surface area contributed by atoms with Crippen LogP contribution in [0, 0.1) is 0 Å². The first-order valence-corrected chi connectivity index (χ1v) is 9.74. The van der Waals surface area contributed by atoms with E-state index in [-0.39, 0.29) is 17.0 Å². The van der Waals surface area contributed by atoms with Crippen molar-refractivity contribution in [3.8, 4) is 32.3 Å². The van der Waals surface area contributed by atoms with Crippen LogP contribution in [-0.2, 0) is 6.42 Å². The van der Waals surface area contributed by atoms with Crippen LogP contribution >= 0.6 is 28.3 Å². The van der Waals surface area contributed by atoms with Crippen LogP contribution in [-0.4, -0.2) is 9.97 Å². The number of hydrogen-bond donors (Lipinski definition) is 0. The van der Waals surface area contributed by atoms with E-state index in [0.717, 1.165) is 40.4 Å². The normalized spacial score (nSPS) is 10.4. The predicted molar refractivity (Wildman–Crippen MR) is 121 cm³/mol. The lowest BCUT2D eigenvalue weighted by Gasteiger charge is -2.02. The topological polar surface area (TPSA) is 25.8 Å². The van der Waals surface area contributed by atoms with E-state index in [1.54, 1.807) is 11.3 Å². The zero-order valence-electron chi connectivity index (χ0n) is 15.1. The summed E-state index contributed by atoms with van der Waals surface area (Å²) in [5, 5.41) is 1.04.